The highest BCUT2D eigenvalue weighted by molar-refractivity contribution is 5.97. The van der Waals surface area contributed by atoms with Crippen molar-refractivity contribution < 1.29 is 13.6 Å². The van der Waals surface area contributed by atoms with Crippen LogP contribution in [0.2, 0.25) is 0 Å². The highest BCUT2D eigenvalue weighted by Gasteiger charge is 2.20. The highest BCUT2D eigenvalue weighted by Crippen LogP contribution is 2.19. The fraction of sp³-hybridized carbons (Fsp3) is 0.235. The number of fused-ring (bicyclic) bond motifs is 1. The summed E-state index contributed by atoms with van der Waals surface area (Å²) in [4.78, 5) is 14.1. The van der Waals surface area contributed by atoms with Gasteiger partial charge in [0.1, 0.15) is 11.6 Å². The van der Waals surface area contributed by atoms with E-state index in [1.54, 1.807) is 0 Å². The number of rotatable bonds is 3. The molecule has 4 heteroatoms. The van der Waals surface area contributed by atoms with E-state index in [1.807, 2.05) is 23.1 Å². The van der Waals surface area contributed by atoms with Gasteiger partial charge in [-0.15, -0.1) is 0 Å². The lowest BCUT2D eigenvalue weighted by Crippen LogP contribution is -2.35. The number of Topliss-reactive ketones (excluding diaryl/α,β-unsaturated/α-hetero) is 1. The molecule has 0 amide bonds. The van der Waals surface area contributed by atoms with Crippen LogP contribution in [0, 0.1) is 11.6 Å². The largest absolute Gasteiger partial charge is 0.293 e. The lowest BCUT2D eigenvalue weighted by Gasteiger charge is -2.28. The minimum Gasteiger partial charge on any atom is -0.293 e. The number of hydrogen-bond acceptors (Lipinski definition) is 2. The fourth-order valence-corrected chi connectivity index (χ4v) is 2.69. The molecule has 2 aromatic carbocycles. The Hall–Kier alpha value is -2.07. The van der Waals surface area contributed by atoms with Gasteiger partial charge in [0.2, 0.25) is 0 Å². The Kier molecular flexibility index (Phi) is 3.80. The standard InChI is InChI=1S/C17H15F2NO/c18-14-5-6-15(16(19)9-14)17(21)11-20-8-7-12-3-1-2-4-13(12)10-20/h1-6,9H,7-8,10-11H2. The van der Waals surface area contributed by atoms with Crippen molar-refractivity contribution in [3.05, 3.63) is 70.8 Å². The minimum atomic E-state index is -0.794. The van der Waals surface area contributed by atoms with Crippen molar-refractivity contribution in [2.24, 2.45) is 0 Å². The lowest BCUT2D eigenvalue weighted by atomic mass is 9.99. The normalized spacial score (nSPS) is 14.8. The predicted molar refractivity (Wildman–Crippen MR) is 76.1 cm³/mol. The third-order valence-electron chi connectivity index (χ3n) is 3.81. The lowest BCUT2D eigenvalue weighted by molar-refractivity contribution is 0.0917. The van der Waals surface area contributed by atoms with Gasteiger partial charge in [-0.3, -0.25) is 9.69 Å². The number of ketones is 1. The Morgan fingerprint density at radius 2 is 1.86 bits per heavy atom. The van der Waals surface area contributed by atoms with Gasteiger partial charge in [-0.05, 0) is 29.7 Å². The van der Waals surface area contributed by atoms with Crippen molar-refractivity contribution in [2.45, 2.75) is 13.0 Å². The summed E-state index contributed by atoms with van der Waals surface area (Å²) in [7, 11) is 0. The average molecular weight is 287 g/mol. The zero-order chi connectivity index (χ0) is 14.8. The number of carbonyl (C=O) groups excluding carboxylic acids is 1. The quantitative estimate of drug-likeness (QED) is 0.808. The summed E-state index contributed by atoms with van der Waals surface area (Å²) in [6.07, 6.45) is 0.884. The number of carbonyl (C=O) groups is 1. The van der Waals surface area contributed by atoms with Crippen LogP contribution in [0.4, 0.5) is 8.78 Å². The Morgan fingerprint density at radius 1 is 1.10 bits per heavy atom. The van der Waals surface area contributed by atoms with Gasteiger partial charge in [0.05, 0.1) is 12.1 Å². The van der Waals surface area contributed by atoms with E-state index in [4.69, 9.17) is 0 Å². The first-order valence-corrected chi connectivity index (χ1v) is 6.91. The van der Waals surface area contributed by atoms with E-state index in [-0.39, 0.29) is 17.9 Å². The van der Waals surface area contributed by atoms with E-state index in [1.165, 1.54) is 17.2 Å². The number of hydrogen-bond donors (Lipinski definition) is 0. The van der Waals surface area contributed by atoms with Gasteiger partial charge < -0.3 is 0 Å². The predicted octanol–water partition coefficient (Wildman–Crippen LogP) is 3.21. The Balaban J connectivity index is 1.71. The summed E-state index contributed by atoms with van der Waals surface area (Å²) < 4.78 is 26.5. The molecule has 0 saturated heterocycles. The van der Waals surface area contributed by atoms with E-state index >= 15 is 0 Å². The third-order valence-corrected chi connectivity index (χ3v) is 3.81. The van der Waals surface area contributed by atoms with Crippen molar-refractivity contribution in [3.8, 4) is 0 Å². The maximum Gasteiger partial charge on any atom is 0.179 e. The molecule has 3 rings (SSSR count). The molecule has 1 aliphatic heterocycles. The van der Waals surface area contributed by atoms with Gasteiger partial charge >= 0.3 is 0 Å². The first-order valence-electron chi connectivity index (χ1n) is 6.91. The van der Waals surface area contributed by atoms with Crippen LogP contribution in [-0.4, -0.2) is 23.8 Å². The van der Waals surface area contributed by atoms with E-state index in [0.717, 1.165) is 25.1 Å². The van der Waals surface area contributed by atoms with E-state index < -0.39 is 11.6 Å². The van der Waals surface area contributed by atoms with E-state index in [0.29, 0.717) is 6.54 Å². The molecule has 0 saturated carbocycles. The van der Waals surface area contributed by atoms with Gasteiger partial charge in [-0.25, -0.2) is 8.78 Å². The SMILES string of the molecule is O=C(CN1CCc2ccccc2C1)c1ccc(F)cc1F. The number of halogens is 2. The minimum absolute atomic E-state index is 0.0461. The molecule has 0 unspecified atom stereocenters. The maximum atomic E-state index is 13.6. The Labute approximate surface area is 122 Å². The van der Waals surface area contributed by atoms with Crippen LogP contribution < -0.4 is 0 Å². The Bertz CT molecular complexity index is 684. The van der Waals surface area contributed by atoms with Crippen molar-refractivity contribution in [2.75, 3.05) is 13.1 Å². The zero-order valence-electron chi connectivity index (χ0n) is 11.5. The molecule has 1 heterocycles. The molecular formula is C17H15F2NO. The molecule has 0 spiro atoms. The summed E-state index contributed by atoms with van der Waals surface area (Å²) in [5.74, 6) is -1.78. The average Bonchev–Trinajstić information content (AvgIpc) is 2.47. The molecule has 0 bridgehead atoms. The first kappa shape index (κ1) is 13.9. The van der Waals surface area contributed by atoms with Gasteiger partial charge in [0.15, 0.2) is 5.78 Å². The van der Waals surface area contributed by atoms with Crippen LogP contribution in [0.15, 0.2) is 42.5 Å². The van der Waals surface area contributed by atoms with Crippen molar-refractivity contribution in [1.29, 1.82) is 0 Å². The van der Waals surface area contributed by atoms with Crippen LogP contribution in [0.25, 0.3) is 0 Å². The maximum absolute atomic E-state index is 13.6. The van der Waals surface area contributed by atoms with Crippen LogP contribution in [0.1, 0.15) is 21.5 Å². The molecule has 0 fully saturated rings. The molecule has 2 aromatic rings. The third kappa shape index (κ3) is 3.00. The van der Waals surface area contributed by atoms with E-state index in [9.17, 15) is 13.6 Å². The molecule has 0 N–H and O–H groups in total. The monoisotopic (exact) mass is 287 g/mol. The van der Waals surface area contributed by atoms with Crippen molar-refractivity contribution in [1.82, 2.24) is 4.90 Å². The summed E-state index contributed by atoms with van der Waals surface area (Å²) in [5.41, 5.74) is 2.46. The molecule has 21 heavy (non-hydrogen) atoms. The first-order chi connectivity index (χ1) is 10.1. The zero-order valence-corrected chi connectivity index (χ0v) is 11.5. The Morgan fingerprint density at radius 3 is 2.62 bits per heavy atom. The second kappa shape index (κ2) is 5.74. The molecule has 1 aliphatic rings. The van der Waals surface area contributed by atoms with Gasteiger partial charge in [-0.2, -0.15) is 0 Å². The topological polar surface area (TPSA) is 20.3 Å². The fourth-order valence-electron chi connectivity index (χ4n) is 2.69. The van der Waals surface area contributed by atoms with Gasteiger partial charge in [0, 0.05) is 19.2 Å². The van der Waals surface area contributed by atoms with Crippen LogP contribution in [-0.2, 0) is 13.0 Å². The summed E-state index contributed by atoms with van der Waals surface area (Å²) in [6.45, 7) is 1.60. The van der Waals surface area contributed by atoms with Gasteiger partial charge in [0.25, 0.3) is 0 Å². The molecule has 2 nitrogen and oxygen atoms in total. The van der Waals surface area contributed by atoms with E-state index in [2.05, 4.69) is 6.07 Å². The van der Waals surface area contributed by atoms with Gasteiger partial charge in [-0.1, -0.05) is 24.3 Å². The second-order valence-electron chi connectivity index (χ2n) is 5.28. The highest BCUT2D eigenvalue weighted by atomic mass is 19.1. The van der Waals surface area contributed by atoms with Crippen LogP contribution >= 0.6 is 0 Å². The molecule has 0 aliphatic carbocycles. The number of nitrogens with zero attached hydrogens (tertiary/aromatic N) is 1. The molecule has 0 radical (unpaired) electrons. The molecule has 108 valence electrons. The second-order valence-corrected chi connectivity index (χ2v) is 5.28. The van der Waals surface area contributed by atoms with Crippen LogP contribution in [0.5, 0.6) is 0 Å². The molecular weight excluding hydrogens is 272 g/mol. The van der Waals surface area contributed by atoms with Crippen LogP contribution in [0.3, 0.4) is 0 Å². The summed E-state index contributed by atoms with van der Waals surface area (Å²) in [5, 5.41) is 0. The van der Waals surface area contributed by atoms with Crippen molar-refractivity contribution in [3.63, 3.8) is 0 Å². The smallest absolute Gasteiger partial charge is 0.179 e. The molecule has 0 atom stereocenters. The summed E-state index contributed by atoms with van der Waals surface area (Å²) >= 11 is 0. The molecule has 0 aromatic heterocycles. The van der Waals surface area contributed by atoms with Crippen molar-refractivity contribution >= 4 is 5.78 Å². The number of benzene rings is 2. The summed E-state index contributed by atoms with van der Waals surface area (Å²) in [6, 6.07) is 11.2.